The lowest BCUT2D eigenvalue weighted by molar-refractivity contribution is 0.386. The van der Waals surface area contributed by atoms with Crippen molar-refractivity contribution in [3.05, 3.63) is 57.8 Å². The second-order valence-corrected chi connectivity index (χ2v) is 5.78. The number of nitrogens with one attached hydrogen (secondary N) is 2. The van der Waals surface area contributed by atoms with Crippen LogP contribution in [0.15, 0.2) is 35.3 Å². The van der Waals surface area contributed by atoms with E-state index in [1.807, 2.05) is 38.2 Å². The van der Waals surface area contributed by atoms with Gasteiger partial charge in [0.1, 0.15) is 5.69 Å². The molecule has 0 spiro atoms. The Kier molecular flexibility index (Phi) is 4.19. The number of fused-ring (bicyclic) bond motifs is 1. The van der Waals surface area contributed by atoms with Gasteiger partial charge in [-0.2, -0.15) is 0 Å². The number of methoxy groups -OCH3 is 1. The Hall–Kier alpha value is -2.56. The number of ether oxygens (including phenoxy) is 1. The molecule has 120 valence electrons. The highest BCUT2D eigenvalue weighted by Crippen LogP contribution is 2.24. The third-order valence-corrected chi connectivity index (χ3v) is 4.29. The van der Waals surface area contributed by atoms with Gasteiger partial charge in [-0.1, -0.05) is 32.0 Å². The highest BCUT2D eigenvalue weighted by molar-refractivity contribution is 5.83. The SMILES string of the molecule is CCC(C)c1nc(OC)c(Cc2c[nH]c3ccccc23)[nH]c1=O. The van der Waals surface area contributed by atoms with Crippen LogP contribution < -0.4 is 10.3 Å². The number of benzene rings is 1. The van der Waals surface area contributed by atoms with Gasteiger partial charge in [-0.15, -0.1) is 0 Å². The van der Waals surface area contributed by atoms with Crippen molar-refractivity contribution in [1.82, 2.24) is 15.0 Å². The summed E-state index contributed by atoms with van der Waals surface area (Å²) in [6.45, 7) is 4.04. The van der Waals surface area contributed by atoms with E-state index in [1.54, 1.807) is 7.11 Å². The van der Waals surface area contributed by atoms with Crippen LogP contribution in [0.4, 0.5) is 0 Å². The van der Waals surface area contributed by atoms with E-state index in [4.69, 9.17) is 4.74 Å². The van der Waals surface area contributed by atoms with Gasteiger partial charge < -0.3 is 14.7 Å². The molecule has 0 bridgehead atoms. The van der Waals surface area contributed by atoms with Crippen LogP contribution in [-0.4, -0.2) is 22.1 Å². The van der Waals surface area contributed by atoms with Crippen molar-refractivity contribution in [2.75, 3.05) is 7.11 Å². The molecule has 1 aromatic carbocycles. The number of para-hydroxylation sites is 1. The van der Waals surface area contributed by atoms with Crippen molar-refractivity contribution in [3.8, 4) is 5.88 Å². The van der Waals surface area contributed by atoms with Crippen LogP contribution in [0, 0.1) is 0 Å². The number of rotatable bonds is 5. The Balaban J connectivity index is 2.03. The summed E-state index contributed by atoms with van der Waals surface area (Å²) in [4.78, 5) is 23.0. The average molecular weight is 311 g/mol. The zero-order valence-corrected chi connectivity index (χ0v) is 13.6. The summed E-state index contributed by atoms with van der Waals surface area (Å²) in [5.74, 6) is 0.597. The summed E-state index contributed by atoms with van der Waals surface area (Å²) in [6.07, 6.45) is 3.39. The van der Waals surface area contributed by atoms with Gasteiger partial charge in [0.25, 0.3) is 5.56 Å². The van der Waals surface area contributed by atoms with Crippen molar-refractivity contribution in [3.63, 3.8) is 0 Å². The minimum Gasteiger partial charge on any atom is -0.480 e. The fourth-order valence-electron chi connectivity index (χ4n) is 2.77. The minimum absolute atomic E-state index is 0.106. The Morgan fingerprint density at radius 3 is 2.83 bits per heavy atom. The number of aromatic amines is 2. The number of hydrogen-bond acceptors (Lipinski definition) is 3. The summed E-state index contributed by atoms with van der Waals surface area (Å²) in [7, 11) is 1.58. The molecule has 0 radical (unpaired) electrons. The maximum absolute atomic E-state index is 12.3. The van der Waals surface area contributed by atoms with Crippen LogP contribution in [0.25, 0.3) is 10.9 Å². The first-order chi connectivity index (χ1) is 11.1. The maximum Gasteiger partial charge on any atom is 0.270 e. The summed E-state index contributed by atoms with van der Waals surface area (Å²) < 4.78 is 5.41. The topological polar surface area (TPSA) is 70.8 Å². The summed E-state index contributed by atoms with van der Waals surface area (Å²) in [5, 5.41) is 1.14. The zero-order valence-electron chi connectivity index (χ0n) is 13.6. The highest BCUT2D eigenvalue weighted by Gasteiger charge is 2.16. The lowest BCUT2D eigenvalue weighted by Gasteiger charge is -2.12. The molecule has 5 nitrogen and oxygen atoms in total. The van der Waals surface area contributed by atoms with Crippen LogP contribution in [-0.2, 0) is 6.42 Å². The molecule has 1 unspecified atom stereocenters. The van der Waals surface area contributed by atoms with Gasteiger partial charge in [-0.25, -0.2) is 4.98 Å². The predicted octanol–water partition coefficient (Wildman–Crippen LogP) is 3.36. The number of aromatic nitrogens is 3. The first kappa shape index (κ1) is 15.3. The largest absolute Gasteiger partial charge is 0.480 e. The molecule has 0 aliphatic carbocycles. The van der Waals surface area contributed by atoms with Gasteiger partial charge in [0.2, 0.25) is 5.88 Å². The van der Waals surface area contributed by atoms with Crippen LogP contribution in [0.2, 0.25) is 0 Å². The van der Waals surface area contributed by atoms with Crippen molar-refractivity contribution in [2.24, 2.45) is 0 Å². The standard InChI is InChI=1S/C18H21N3O2/c1-4-11(2)16-17(22)20-15(18(21-16)23-3)9-12-10-19-14-8-6-5-7-13(12)14/h5-8,10-11,19H,4,9H2,1-3H3,(H,20,22). The Bertz CT molecular complexity index is 879. The van der Waals surface area contributed by atoms with Gasteiger partial charge in [0.05, 0.1) is 12.8 Å². The van der Waals surface area contributed by atoms with Crippen LogP contribution in [0.1, 0.15) is 43.1 Å². The normalized spacial score (nSPS) is 12.5. The summed E-state index contributed by atoms with van der Waals surface area (Å²) >= 11 is 0. The van der Waals surface area contributed by atoms with Crippen LogP contribution in [0.5, 0.6) is 5.88 Å². The van der Waals surface area contributed by atoms with E-state index >= 15 is 0 Å². The average Bonchev–Trinajstić information content (AvgIpc) is 2.98. The van der Waals surface area contributed by atoms with E-state index in [0.717, 1.165) is 22.9 Å². The Morgan fingerprint density at radius 2 is 2.09 bits per heavy atom. The van der Waals surface area contributed by atoms with Gasteiger partial charge in [-0.05, 0) is 18.1 Å². The molecule has 5 heteroatoms. The van der Waals surface area contributed by atoms with E-state index < -0.39 is 0 Å². The first-order valence-corrected chi connectivity index (χ1v) is 7.86. The van der Waals surface area contributed by atoms with Gasteiger partial charge >= 0.3 is 0 Å². The molecule has 3 aromatic rings. The van der Waals surface area contributed by atoms with Gasteiger partial charge in [0.15, 0.2) is 0 Å². The number of H-pyrrole nitrogens is 2. The fraction of sp³-hybridized carbons (Fsp3) is 0.333. The van der Waals surface area contributed by atoms with Crippen molar-refractivity contribution < 1.29 is 4.74 Å². The monoisotopic (exact) mass is 311 g/mol. The quantitative estimate of drug-likeness (QED) is 0.759. The molecule has 0 saturated carbocycles. The second kappa shape index (κ2) is 6.28. The van der Waals surface area contributed by atoms with E-state index in [-0.39, 0.29) is 11.5 Å². The molecule has 3 rings (SSSR count). The lowest BCUT2D eigenvalue weighted by atomic mass is 10.0. The Labute approximate surface area is 134 Å². The third-order valence-electron chi connectivity index (χ3n) is 4.29. The highest BCUT2D eigenvalue weighted by atomic mass is 16.5. The number of hydrogen-bond donors (Lipinski definition) is 2. The summed E-state index contributed by atoms with van der Waals surface area (Å²) in [5.41, 5.74) is 3.29. The maximum atomic E-state index is 12.3. The fourth-order valence-corrected chi connectivity index (χ4v) is 2.77. The van der Waals surface area contributed by atoms with Crippen molar-refractivity contribution >= 4 is 10.9 Å². The molecule has 1 atom stereocenters. The molecule has 0 saturated heterocycles. The van der Waals surface area contributed by atoms with Crippen molar-refractivity contribution in [1.29, 1.82) is 0 Å². The molecular formula is C18H21N3O2. The van der Waals surface area contributed by atoms with E-state index in [2.05, 4.69) is 21.0 Å². The molecule has 0 aliphatic rings. The second-order valence-electron chi connectivity index (χ2n) is 5.78. The molecule has 0 aliphatic heterocycles. The van der Waals surface area contributed by atoms with E-state index in [1.165, 1.54) is 0 Å². The molecule has 0 amide bonds. The first-order valence-electron chi connectivity index (χ1n) is 7.86. The van der Waals surface area contributed by atoms with Crippen LogP contribution >= 0.6 is 0 Å². The smallest absolute Gasteiger partial charge is 0.270 e. The molecule has 2 N–H and O–H groups in total. The van der Waals surface area contributed by atoms with Crippen molar-refractivity contribution in [2.45, 2.75) is 32.6 Å². The van der Waals surface area contributed by atoms with E-state index in [9.17, 15) is 4.79 Å². The van der Waals surface area contributed by atoms with E-state index in [0.29, 0.717) is 23.7 Å². The van der Waals surface area contributed by atoms with Gasteiger partial charge in [-0.3, -0.25) is 4.79 Å². The molecule has 2 heterocycles. The van der Waals surface area contributed by atoms with Gasteiger partial charge in [0, 0.05) is 29.4 Å². The molecule has 0 fully saturated rings. The molecule has 2 aromatic heterocycles. The predicted molar refractivity (Wildman–Crippen MR) is 91.2 cm³/mol. The number of nitrogens with zero attached hydrogens (tertiary/aromatic N) is 1. The molecule has 23 heavy (non-hydrogen) atoms. The lowest BCUT2D eigenvalue weighted by Crippen LogP contribution is -2.20. The van der Waals surface area contributed by atoms with Crippen LogP contribution in [0.3, 0.4) is 0 Å². The zero-order chi connectivity index (χ0) is 16.4. The third kappa shape index (κ3) is 2.86. The minimum atomic E-state index is -0.130. The molecular weight excluding hydrogens is 290 g/mol. The Morgan fingerprint density at radius 1 is 1.30 bits per heavy atom. The summed E-state index contributed by atoms with van der Waals surface area (Å²) in [6, 6.07) is 8.09.